The van der Waals surface area contributed by atoms with Crippen LogP contribution in [0.5, 0.6) is 0 Å². The van der Waals surface area contributed by atoms with Gasteiger partial charge >= 0.3 is 12.3 Å². The van der Waals surface area contributed by atoms with Gasteiger partial charge < -0.3 is 10.1 Å². The van der Waals surface area contributed by atoms with Crippen molar-refractivity contribution in [1.82, 2.24) is 10.2 Å². The van der Waals surface area contributed by atoms with E-state index >= 15 is 0 Å². The van der Waals surface area contributed by atoms with E-state index in [1.807, 2.05) is 12.1 Å². The first-order valence-electron chi connectivity index (χ1n) is 11.8. The summed E-state index contributed by atoms with van der Waals surface area (Å²) in [4.78, 5) is 15.2. The van der Waals surface area contributed by atoms with Gasteiger partial charge in [-0.05, 0) is 90.9 Å². The van der Waals surface area contributed by atoms with E-state index in [2.05, 4.69) is 16.3 Å². The first-order chi connectivity index (χ1) is 15.8. The van der Waals surface area contributed by atoms with Crippen LogP contribution >= 0.6 is 0 Å². The summed E-state index contributed by atoms with van der Waals surface area (Å²) in [6.07, 6.45) is 0.500. The van der Waals surface area contributed by atoms with Gasteiger partial charge in [0.2, 0.25) is 0 Å². The molecule has 0 radical (unpaired) electrons. The lowest BCUT2D eigenvalue weighted by Crippen LogP contribution is -2.52. The number of piperidine rings is 3. The fourth-order valence-corrected chi connectivity index (χ4v) is 6.07. The average molecular weight is 457 g/mol. The van der Waals surface area contributed by atoms with Gasteiger partial charge in [-0.25, -0.2) is 4.79 Å². The van der Waals surface area contributed by atoms with E-state index in [0.717, 1.165) is 86.1 Å². The van der Waals surface area contributed by atoms with Crippen LogP contribution < -0.4 is 5.32 Å². The summed E-state index contributed by atoms with van der Waals surface area (Å²) in [6, 6.07) is 11.3. The summed E-state index contributed by atoms with van der Waals surface area (Å²) in [6.45, 7) is 3.04. The van der Waals surface area contributed by atoms with Gasteiger partial charge in [-0.1, -0.05) is 30.3 Å². The molecule has 2 atom stereocenters. The zero-order valence-corrected chi connectivity index (χ0v) is 18.3. The summed E-state index contributed by atoms with van der Waals surface area (Å²) in [5.41, 5.74) is 3.33. The van der Waals surface area contributed by atoms with E-state index in [-0.39, 0.29) is 23.7 Å². The van der Waals surface area contributed by atoms with Gasteiger partial charge in [0.1, 0.15) is 6.10 Å². The minimum absolute atomic E-state index is 0.0226. The van der Waals surface area contributed by atoms with Crippen LogP contribution in [0.2, 0.25) is 0 Å². The third-order valence-corrected chi connectivity index (χ3v) is 8.16. The lowest BCUT2D eigenvalue weighted by atomic mass is 9.86. The van der Waals surface area contributed by atoms with Crippen molar-refractivity contribution in [2.45, 2.75) is 50.4 Å². The number of carbonyl (C=O) groups is 1. The number of rotatable bonds is 3. The van der Waals surface area contributed by atoms with Crippen LogP contribution in [0, 0.1) is 11.3 Å². The molecule has 2 aliphatic carbocycles. The van der Waals surface area contributed by atoms with Crippen molar-refractivity contribution in [2.75, 3.05) is 19.6 Å². The number of alkyl halides is 3. The van der Waals surface area contributed by atoms with Gasteiger partial charge in [0, 0.05) is 6.54 Å². The van der Waals surface area contributed by atoms with Crippen LogP contribution in [0.15, 0.2) is 42.5 Å². The second-order valence-corrected chi connectivity index (χ2v) is 10.2. The molecule has 1 saturated carbocycles. The molecule has 3 aliphatic heterocycles. The maximum atomic E-state index is 12.9. The molecule has 33 heavy (non-hydrogen) atoms. The van der Waals surface area contributed by atoms with Gasteiger partial charge in [0.15, 0.2) is 0 Å². The maximum absolute atomic E-state index is 12.9. The molecular weight excluding hydrogens is 429 g/mol. The van der Waals surface area contributed by atoms with Crippen LogP contribution in [0.4, 0.5) is 18.0 Å². The Bertz CT molecular complexity index is 1070. The largest absolute Gasteiger partial charge is 0.445 e. The molecule has 4 nitrogen and oxygen atoms in total. The zero-order valence-electron chi connectivity index (χ0n) is 18.3. The molecule has 4 fully saturated rings. The standard InChI is InChI=1S/C26H27F3N2O2/c27-26(28,29)20-4-1-16(2-5-20)18-3-6-21-19(13-18)14-25(9-10-25)23(21)30-24(32)33-22-15-31-11-7-17(22)8-12-31/h1-6,13,17,22-23H,7-12,14-15H2,(H,30,32)/t22-,23?/m1/s1. The average Bonchev–Trinajstić information content (AvgIpc) is 3.51. The Balaban J connectivity index is 1.19. The summed E-state index contributed by atoms with van der Waals surface area (Å²) < 4.78 is 44.5. The van der Waals surface area contributed by atoms with Crippen molar-refractivity contribution < 1.29 is 22.7 Å². The quantitative estimate of drug-likeness (QED) is 0.657. The highest BCUT2D eigenvalue weighted by atomic mass is 19.4. The highest BCUT2D eigenvalue weighted by molar-refractivity contribution is 5.70. The molecule has 1 N–H and O–H groups in total. The normalized spacial score (nSPS) is 29.1. The van der Waals surface area contributed by atoms with Crippen molar-refractivity contribution in [3.8, 4) is 11.1 Å². The van der Waals surface area contributed by atoms with Gasteiger partial charge in [0.25, 0.3) is 0 Å². The summed E-state index contributed by atoms with van der Waals surface area (Å²) in [5, 5.41) is 3.17. The second kappa shape index (κ2) is 7.49. The number of alkyl carbamates (subject to hydrolysis) is 1. The van der Waals surface area contributed by atoms with Crippen LogP contribution in [0.3, 0.4) is 0 Å². The number of ether oxygens (including phenoxy) is 1. The van der Waals surface area contributed by atoms with Gasteiger partial charge in [0.05, 0.1) is 11.6 Å². The van der Waals surface area contributed by atoms with E-state index in [4.69, 9.17) is 4.74 Å². The molecule has 7 rings (SSSR count). The number of hydrogen-bond donors (Lipinski definition) is 1. The van der Waals surface area contributed by atoms with E-state index < -0.39 is 11.7 Å². The predicted octanol–water partition coefficient (Wildman–Crippen LogP) is 5.57. The van der Waals surface area contributed by atoms with Crippen LogP contribution in [-0.2, 0) is 17.3 Å². The third-order valence-electron chi connectivity index (χ3n) is 8.16. The number of hydrogen-bond acceptors (Lipinski definition) is 3. The van der Waals surface area contributed by atoms with E-state index in [9.17, 15) is 18.0 Å². The summed E-state index contributed by atoms with van der Waals surface area (Å²) in [7, 11) is 0. The van der Waals surface area contributed by atoms with Gasteiger partial charge in [-0.3, -0.25) is 4.90 Å². The summed E-state index contributed by atoms with van der Waals surface area (Å²) >= 11 is 0. The van der Waals surface area contributed by atoms with E-state index in [0.29, 0.717) is 5.92 Å². The molecule has 7 heteroatoms. The molecule has 3 saturated heterocycles. The number of halogens is 3. The number of benzene rings is 2. The minimum atomic E-state index is -4.34. The highest BCUT2D eigenvalue weighted by Gasteiger charge is 2.55. The van der Waals surface area contributed by atoms with Crippen LogP contribution in [0.1, 0.15) is 48.4 Å². The predicted molar refractivity (Wildman–Crippen MR) is 118 cm³/mol. The molecule has 1 spiro atoms. The van der Waals surface area contributed by atoms with Crippen molar-refractivity contribution in [2.24, 2.45) is 11.3 Å². The van der Waals surface area contributed by atoms with Crippen molar-refractivity contribution in [3.63, 3.8) is 0 Å². The number of nitrogens with zero attached hydrogens (tertiary/aromatic N) is 1. The first-order valence-corrected chi connectivity index (χ1v) is 11.8. The minimum Gasteiger partial charge on any atom is -0.445 e. The topological polar surface area (TPSA) is 41.6 Å². The Morgan fingerprint density at radius 1 is 1.03 bits per heavy atom. The molecule has 2 aromatic rings. The van der Waals surface area contributed by atoms with Crippen LogP contribution in [-0.4, -0.2) is 36.7 Å². The molecule has 1 unspecified atom stereocenters. The SMILES string of the molecule is O=C(NC1c2ccc(-c3ccc(C(F)(F)F)cc3)cc2CC12CC2)O[C@@H]1CN2CCC1CC2. The lowest BCUT2D eigenvalue weighted by Gasteiger charge is -2.44. The van der Waals surface area contributed by atoms with E-state index in [1.165, 1.54) is 12.1 Å². The first kappa shape index (κ1) is 21.0. The van der Waals surface area contributed by atoms with Crippen LogP contribution in [0.25, 0.3) is 11.1 Å². The lowest BCUT2D eigenvalue weighted by molar-refractivity contribution is -0.137. The molecule has 5 aliphatic rings. The third kappa shape index (κ3) is 3.80. The number of amides is 1. The van der Waals surface area contributed by atoms with E-state index in [1.54, 1.807) is 0 Å². The number of nitrogens with one attached hydrogen (secondary N) is 1. The van der Waals surface area contributed by atoms with Crippen molar-refractivity contribution in [3.05, 3.63) is 59.2 Å². The molecule has 174 valence electrons. The fourth-order valence-electron chi connectivity index (χ4n) is 6.07. The second-order valence-electron chi connectivity index (χ2n) is 10.2. The fraction of sp³-hybridized carbons (Fsp3) is 0.500. The van der Waals surface area contributed by atoms with Gasteiger partial charge in [-0.2, -0.15) is 13.2 Å². The maximum Gasteiger partial charge on any atom is 0.416 e. The molecule has 1 amide bonds. The molecule has 0 aromatic heterocycles. The number of carbonyl (C=O) groups excluding carboxylic acids is 1. The molecular formula is C26H27F3N2O2. The Hall–Kier alpha value is -2.54. The molecule has 2 aromatic carbocycles. The Labute approximate surface area is 191 Å². The summed E-state index contributed by atoms with van der Waals surface area (Å²) in [5.74, 6) is 0.470. The smallest absolute Gasteiger partial charge is 0.416 e. The molecule has 3 heterocycles. The Morgan fingerprint density at radius 2 is 1.73 bits per heavy atom. The number of fused-ring (bicyclic) bond motifs is 4. The Morgan fingerprint density at radius 3 is 2.33 bits per heavy atom. The van der Waals surface area contributed by atoms with Gasteiger partial charge in [-0.15, -0.1) is 0 Å². The van der Waals surface area contributed by atoms with Crippen molar-refractivity contribution in [1.29, 1.82) is 0 Å². The Kier molecular flexibility index (Phi) is 4.77. The monoisotopic (exact) mass is 456 g/mol. The highest BCUT2D eigenvalue weighted by Crippen LogP contribution is 2.62. The zero-order chi connectivity index (χ0) is 22.8. The van der Waals surface area contributed by atoms with Crippen molar-refractivity contribution >= 4 is 6.09 Å². The molecule has 2 bridgehead atoms.